The lowest BCUT2D eigenvalue weighted by molar-refractivity contribution is -0.240. The standard InChI is InChI=1S/C26H44O4Si2/c1-20(29-31(8,9)25(2,3)4)17-18-22-23(30-32(10,11)26(5,6)7)19-27-24(28-22)21-15-13-12-14-16-21/h12-18,22-24H,1,19H2,2-11H3/b18-17+/t22-,23+,24+/m0/s1. The number of allylic oxidation sites excluding steroid dienone is 1. The van der Waals surface area contributed by atoms with Gasteiger partial charge in [0.15, 0.2) is 14.6 Å². The minimum Gasteiger partial charge on any atom is -0.544 e. The highest BCUT2D eigenvalue weighted by Gasteiger charge is 2.43. The summed E-state index contributed by atoms with van der Waals surface area (Å²) in [4.78, 5) is 0. The van der Waals surface area contributed by atoms with Gasteiger partial charge in [0.2, 0.25) is 8.32 Å². The van der Waals surface area contributed by atoms with Gasteiger partial charge in [-0.1, -0.05) is 78.5 Å². The molecule has 0 amide bonds. The van der Waals surface area contributed by atoms with Crippen LogP contribution < -0.4 is 0 Å². The van der Waals surface area contributed by atoms with Crippen LogP contribution in [-0.4, -0.2) is 35.4 Å². The van der Waals surface area contributed by atoms with Gasteiger partial charge >= 0.3 is 0 Å². The van der Waals surface area contributed by atoms with E-state index in [4.69, 9.17) is 18.3 Å². The highest BCUT2D eigenvalue weighted by molar-refractivity contribution is 6.74. The Morgan fingerprint density at radius 3 is 2.06 bits per heavy atom. The van der Waals surface area contributed by atoms with Gasteiger partial charge in [-0.3, -0.25) is 0 Å². The molecule has 0 bridgehead atoms. The Labute approximate surface area is 198 Å². The molecule has 0 aliphatic carbocycles. The second-order valence-corrected chi connectivity index (χ2v) is 21.3. The highest BCUT2D eigenvalue weighted by Crippen LogP contribution is 2.40. The summed E-state index contributed by atoms with van der Waals surface area (Å²) in [6.45, 7) is 27.0. The number of rotatable bonds is 7. The lowest BCUT2D eigenvalue weighted by atomic mass is 10.1. The SMILES string of the molecule is C=C(/C=C/[C@@H]1O[C@H](c2ccccc2)OC[C@H]1O[Si](C)(C)C(C)(C)C)O[Si](C)(C)C(C)(C)C. The van der Waals surface area contributed by atoms with Crippen LogP contribution in [0.1, 0.15) is 53.4 Å². The van der Waals surface area contributed by atoms with Crippen molar-refractivity contribution in [2.45, 2.75) is 96.3 Å². The molecule has 1 saturated heterocycles. The Bertz CT molecular complexity index is 788. The summed E-state index contributed by atoms with van der Waals surface area (Å²) in [5, 5.41) is 0.220. The summed E-state index contributed by atoms with van der Waals surface area (Å²) < 4.78 is 25.5. The van der Waals surface area contributed by atoms with Crippen molar-refractivity contribution >= 4 is 16.6 Å². The fourth-order valence-corrected chi connectivity index (χ4v) is 5.22. The fraction of sp³-hybridized carbons (Fsp3) is 0.615. The summed E-state index contributed by atoms with van der Waals surface area (Å²) >= 11 is 0. The van der Waals surface area contributed by atoms with Crippen molar-refractivity contribution in [1.29, 1.82) is 0 Å². The molecule has 1 aromatic carbocycles. The molecule has 0 radical (unpaired) electrons. The third-order valence-electron chi connectivity index (χ3n) is 7.05. The van der Waals surface area contributed by atoms with Crippen LogP contribution in [0.2, 0.25) is 36.3 Å². The molecule has 1 fully saturated rings. The zero-order chi connectivity index (χ0) is 24.4. The summed E-state index contributed by atoms with van der Waals surface area (Å²) in [5.41, 5.74) is 1.01. The summed E-state index contributed by atoms with van der Waals surface area (Å²) in [7, 11) is -3.94. The molecule has 0 aromatic heterocycles. The normalized spacial score (nSPS) is 23.4. The van der Waals surface area contributed by atoms with Gasteiger partial charge in [-0.25, -0.2) is 0 Å². The molecule has 0 spiro atoms. The van der Waals surface area contributed by atoms with Crippen molar-refractivity contribution in [3.8, 4) is 0 Å². The molecule has 2 rings (SSSR count). The molecule has 4 nitrogen and oxygen atoms in total. The van der Waals surface area contributed by atoms with Gasteiger partial charge in [0.1, 0.15) is 6.10 Å². The van der Waals surface area contributed by atoms with E-state index >= 15 is 0 Å². The van der Waals surface area contributed by atoms with Crippen molar-refractivity contribution < 1.29 is 18.3 Å². The van der Waals surface area contributed by atoms with E-state index in [-0.39, 0.29) is 22.3 Å². The fourth-order valence-electron chi connectivity index (χ4n) is 2.87. The molecule has 0 saturated carbocycles. The van der Waals surface area contributed by atoms with Crippen LogP contribution in [0.25, 0.3) is 0 Å². The first-order valence-corrected chi connectivity index (χ1v) is 17.4. The zero-order valence-electron chi connectivity index (χ0n) is 21.8. The Morgan fingerprint density at radius 2 is 1.53 bits per heavy atom. The molecule has 1 heterocycles. The maximum Gasteiger partial charge on any atom is 0.250 e. The van der Waals surface area contributed by atoms with Crippen molar-refractivity contribution in [1.82, 2.24) is 0 Å². The maximum absolute atomic E-state index is 6.70. The first-order valence-electron chi connectivity index (χ1n) is 11.6. The first kappa shape index (κ1) is 27.1. The van der Waals surface area contributed by atoms with Crippen molar-refractivity contribution in [2.75, 3.05) is 6.61 Å². The van der Waals surface area contributed by atoms with Gasteiger partial charge in [-0.15, -0.1) is 0 Å². The predicted octanol–water partition coefficient (Wildman–Crippen LogP) is 7.58. The Balaban J connectivity index is 2.22. The lowest BCUT2D eigenvalue weighted by Gasteiger charge is -2.43. The largest absolute Gasteiger partial charge is 0.544 e. The van der Waals surface area contributed by atoms with Crippen LogP contribution in [-0.2, 0) is 18.3 Å². The number of benzene rings is 1. The van der Waals surface area contributed by atoms with Crippen LogP contribution in [0.3, 0.4) is 0 Å². The van der Waals surface area contributed by atoms with E-state index < -0.39 is 22.9 Å². The van der Waals surface area contributed by atoms with Crippen LogP contribution in [0.15, 0.2) is 54.8 Å². The summed E-state index contributed by atoms with van der Waals surface area (Å²) in [6, 6.07) is 10.1. The quantitative estimate of drug-likeness (QED) is 0.231. The Morgan fingerprint density at radius 1 is 0.969 bits per heavy atom. The van der Waals surface area contributed by atoms with E-state index in [1.165, 1.54) is 0 Å². The number of hydrogen-bond acceptors (Lipinski definition) is 4. The second kappa shape index (κ2) is 9.98. The van der Waals surface area contributed by atoms with E-state index in [1.54, 1.807) is 0 Å². The molecular weight excluding hydrogens is 432 g/mol. The van der Waals surface area contributed by atoms with Gasteiger partial charge < -0.3 is 18.3 Å². The monoisotopic (exact) mass is 476 g/mol. The Hall–Kier alpha value is -1.19. The van der Waals surface area contributed by atoms with Crippen molar-refractivity contribution in [2.24, 2.45) is 0 Å². The summed E-state index contributed by atoms with van der Waals surface area (Å²) in [5.74, 6) is 0.675. The average molecular weight is 477 g/mol. The molecule has 6 heteroatoms. The minimum absolute atomic E-state index is 0.104. The molecule has 32 heavy (non-hydrogen) atoms. The second-order valence-electron chi connectivity index (χ2n) is 11.8. The Kier molecular flexibility index (Phi) is 8.44. The number of hydrogen-bond donors (Lipinski definition) is 0. The van der Waals surface area contributed by atoms with Crippen LogP contribution in [0.4, 0.5) is 0 Å². The molecular formula is C26H44O4Si2. The first-order chi connectivity index (χ1) is 14.5. The zero-order valence-corrected chi connectivity index (χ0v) is 23.8. The van der Waals surface area contributed by atoms with Crippen molar-refractivity contribution in [3.05, 3.63) is 60.4 Å². The average Bonchev–Trinajstić information content (AvgIpc) is 2.65. The van der Waals surface area contributed by atoms with E-state index in [0.29, 0.717) is 12.4 Å². The topological polar surface area (TPSA) is 36.9 Å². The van der Waals surface area contributed by atoms with Crippen LogP contribution in [0, 0.1) is 0 Å². The molecule has 1 aromatic rings. The van der Waals surface area contributed by atoms with Crippen LogP contribution >= 0.6 is 0 Å². The third-order valence-corrected chi connectivity index (χ3v) is 15.9. The molecule has 0 unspecified atom stereocenters. The molecule has 1 aliphatic rings. The van der Waals surface area contributed by atoms with E-state index in [2.05, 4.69) is 74.3 Å². The van der Waals surface area contributed by atoms with Gasteiger partial charge in [-0.05, 0) is 48.4 Å². The van der Waals surface area contributed by atoms with Gasteiger partial charge in [0.25, 0.3) is 0 Å². The van der Waals surface area contributed by atoms with E-state index in [9.17, 15) is 0 Å². The van der Waals surface area contributed by atoms with Crippen molar-refractivity contribution in [3.63, 3.8) is 0 Å². The molecule has 3 atom stereocenters. The smallest absolute Gasteiger partial charge is 0.250 e. The highest BCUT2D eigenvalue weighted by atomic mass is 28.4. The van der Waals surface area contributed by atoms with Crippen LogP contribution in [0.5, 0.6) is 0 Å². The van der Waals surface area contributed by atoms with Gasteiger partial charge in [0.05, 0.1) is 18.5 Å². The van der Waals surface area contributed by atoms with E-state index in [0.717, 1.165) is 5.56 Å². The third kappa shape index (κ3) is 6.91. The maximum atomic E-state index is 6.70. The molecule has 180 valence electrons. The van der Waals surface area contributed by atoms with E-state index in [1.807, 2.05) is 42.5 Å². The summed E-state index contributed by atoms with van der Waals surface area (Å²) in [6.07, 6.45) is 3.14. The van der Waals surface area contributed by atoms with Gasteiger partial charge in [0, 0.05) is 5.56 Å². The lowest BCUT2D eigenvalue weighted by Crippen LogP contribution is -2.51. The predicted molar refractivity (Wildman–Crippen MR) is 139 cm³/mol. The molecule has 1 aliphatic heterocycles. The minimum atomic E-state index is -2.00. The number of ether oxygens (including phenoxy) is 2. The molecule has 0 N–H and O–H groups in total. The van der Waals surface area contributed by atoms with Gasteiger partial charge in [-0.2, -0.15) is 0 Å².